The standard InChI is InChI=1S/C30H23N/c1-4-10-23(11-5-1)24-16-18-27(19-17-24)31-28-20-21-29(25-12-6-2-7-13-25)30(22-28)26-14-8-3-9-15-26/h1-22,31H. The Morgan fingerprint density at radius 2 is 0.774 bits per heavy atom. The van der Waals surface area contributed by atoms with Gasteiger partial charge in [0.05, 0.1) is 0 Å². The van der Waals surface area contributed by atoms with E-state index in [1.165, 1.54) is 33.4 Å². The lowest BCUT2D eigenvalue weighted by atomic mass is 9.94. The van der Waals surface area contributed by atoms with Crippen molar-refractivity contribution in [2.75, 3.05) is 5.32 Å². The van der Waals surface area contributed by atoms with Crippen molar-refractivity contribution in [2.24, 2.45) is 0 Å². The van der Waals surface area contributed by atoms with Crippen LogP contribution in [0.2, 0.25) is 0 Å². The maximum absolute atomic E-state index is 3.57. The van der Waals surface area contributed by atoms with Crippen LogP contribution in [-0.2, 0) is 0 Å². The van der Waals surface area contributed by atoms with Crippen molar-refractivity contribution in [3.8, 4) is 33.4 Å². The van der Waals surface area contributed by atoms with Crippen LogP contribution in [0.4, 0.5) is 11.4 Å². The molecule has 5 rings (SSSR count). The van der Waals surface area contributed by atoms with Gasteiger partial charge >= 0.3 is 0 Å². The lowest BCUT2D eigenvalue weighted by Crippen LogP contribution is -1.93. The van der Waals surface area contributed by atoms with E-state index in [0.29, 0.717) is 0 Å². The molecule has 0 fully saturated rings. The summed E-state index contributed by atoms with van der Waals surface area (Å²) < 4.78 is 0. The highest BCUT2D eigenvalue weighted by molar-refractivity contribution is 5.86. The van der Waals surface area contributed by atoms with Crippen molar-refractivity contribution in [2.45, 2.75) is 0 Å². The second kappa shape index (κ2) is 8.73. The topological polar surface area (TPSA) is 12.0 Å². The van der Waals surface area contributed by atoms with Crippen molar-refractivity contribution in [1.29, 1.82) is 0 Å². The number of benzene rings is 5. The molecule has 0 aliphatic carbocycles. The Labute approximate surface area is 183 Å². The molecule has 0 heterocycles. The zero-order valence-corrected chi connectivity index (χ0v) is 17.2. The van der Waals surface area contributed by atoms with Crippen LogP contribution in [0.15, 0.2) is 133 Å². The normalized spacial score (nSPS) is 10.6. The molecule has 5 aromatic rings. The maximum atomic E-state index is 3.57. The summed E-state index contributed by atoms with van der Waals surface area (Å²) in [5.74, 6) is 0. The molecule has 0 atom stereocenters. The van der Waals surface area contributed by atoms with Crippen LogP contribution in [0.1, 0.15) is 0 Å². The van der Waals surface area contributed by atoms with Crippen LogP contribution in [0.5, 0.6) is 0 Å². The minimum Gasteiger partial charge on any atom is -0.356 e. The van der Waals surface area contributed by atoms with Crippen molar-refractivity contribution in [3.63, 3.8) is 0 Å². The van der Waals surface area contributed by atoms with Crippen LogP contribution in [0, 0.1) is 0 Å². The van der Waals surface area contributed by atoms with Gasteiger partial charge in [-0.2, -0.15) is 0 Å². The maximum Gasteiger partial charge on any atom is 0.0390 e. The van der Waals surface area contributed by atoms with E-state index in [2.05, 4.69) is 133 Å². The Bertz CT molecular complexity index is 1260. The monoisotopic (exact) mass is 397 g/mol. The molecule has 1 heteroatoms. The SMILES string of the molecule is c1ccc(-c2ccc(Nc3ccc(-c4ccccc4)c(-c4ccccc4)c3)cc2)cc1. The average Bonchev–Trinajstić information content (AvgIpc) is 2.86. The fraction of sp³-hybridized carbons (Fsp3) is 0. The molecule has 5 aromatic carbocycles. The van der Waals surface area contributed by atoms with Gasteiger partial charge in [-0.05, 0) is 57.6 Å². The summed E-state index contributed by atoms with van der Waals surface area (Å²) in [5, 5.41) is 3.57. The highest BCUT2D eigenvalue weighted by atomic mass is 14.9. The predicted octanol–water partition coefficient (Wildman–Crippen LogP) is 8.43. The summed E-state index contributed by atoms with van der Waals surface area (Å²) in [6.07, 6.45) is 0. The third-order valence-electron chi connectivity index (χ3n) is 5.47. The summed E-state index contributed by atoms with van der Waals surface area (Å²) in [5.41, 5.74) is 9.49. The van der Waals surface area contributed by atoms with Crippen molar-refractivity contribution >= 4 is 11.4 Å². The van der Waals surface area contributed by atoms with E-state index in [-0.39, 0.29) is 0 Å². The Balaban J connectivity index is 1.48. The van der Waals surface area contributed by atoms with Gasteiger partial charge in [-0.3, -0.25) is 0 Å². The van der Waals surface area contributed by atoms with Gasteiger partial charge in [-0.1, -0.05) is 109 Å². The van der Waals surface area contributed by atoms with E-state index < -0.39 is 0 Å². The lowest BCUT2D eigenvalue weighted by molar-refractivity contribution is 1.52. The summed E-state index contributed by atoms with van der Waals surface area (Å²) in [6, 6.07) is 46.8. The van der Waals surface area contributed by atoms with E-state index in [9.17, 15) is 0 Å². The van der Waals surface area contributed by atoms with Gasteiger partial charge in [0.2, 0.25) is 0 Å². The highest BCUT2D eigenvalue weighted by Crippen LogP contribution is 2.35. The summed E-state index contributed by atoms with van der Waals surface area (Å²) in [7, 11) is 0. The zero-order chi connectivity index (χ0) is 20.9. The number of rotatable bonds is 5. The second-order valence-corrected chi connectivity index (χ2v) is 7.56. The van der Waals surface area contributed by atoms with Crippen LogP contribution in [0.25, 0.3) is 33.4 Å². The Morgan fingerprint density at radius 1 is 0.323 bits per heavy atom. The van der Waals surface area contributed by atoms with Gasteiger partial charge in [0.15, 0.2) is 0 Å². The number of hydrogen-bond donors (Lipinski definition) is 1. The third kappa shape index (κ3) is 4.26. The van der Waals surface area contributed by atoms with Gasteiger partial charge in [-0.25, -0.2) is 0 Å². The lowest BCUT2D eigenvalue weighted by Gasteiger charge is -2.14. The van der Waals surface area contributed by atoms with E-state index >= 15 is 0 Å². The van der Waals surface area contributed by atoms with Gasteiger partial charge in [0.1, 0.15) is 0 Å². The molecule has 148 valence electrons. The fourth-order valence-corrected chi connectivity index (χ4v) is 3.89. The molecule has 0 amide bonds. The Kier molecular flexibility index (Phi) is 5.32. The van der Waals surface area contributed by atoms with Crippen molar-refractivity contribution < 1.29 is 0 Å². The first-order valence-electron chi connectivity index (χ1n) is 10.5. The molecular formula is C30H23N. The molecular weight excluding hydrogens is 374 g/mol. The molecule has 0 unspecified atom stereocenters. The molecule has 0 bridgehead atoms. The van der Waals surface area contributed by atoms with Crippen molar-refractivity contribution in [1.82, 2.24) is 0 Å². The molecule has 0 radical (unpaired) electrons. The first-order chi connectivity index (χ1) is 15.4. The second-order valence-electron chi connectivity index (χ2n) is 7.56. The van der Waals surface area contributed by atoms with Gasteiger partial charge in [0, 0.05) is 11.4 Å². The third-order valence-corrected chi connectivity index (χ3v) is 5.47. The van der Waals surface area contributed by atoms with Gasteiger partial charge in [-0.15, -0.1) is 0 Å². The largest absolute Gasteiger partial charge is 0.356 e. The molecule has 0 aliphatic heterocycles. The summed E-state index contributed by atoms with van der Waals surface area (Å²) in [4.78, 5) is 0. The summed E-state index contributed by atoms with van der Waals surface area (Å²) in [6.45, 7) is 0. The number of nitrogens with one attached hydrogen (secondary N) is 1. The van der Waals surface area contributed by atoms with Crippen LogP contribution in [0.3, 0.4) is 0 Å². The predicted molar refractivity (Wildman–Crippen MR) is 132 cm³/mol. The molecule has 1 N–H and O–H groups in total. The molecule has 0 saturated carbocycles. The fourth-order valence-electron chi connectivity index (χ4n) is 3.89. The highest BCUT2D eigenvalue weighted by Gasteiger charge is 2.09. The smallest absolute Gasteiger partial charge is 0.0390 e. The molecule has 31 heavy (non-hydrogen) atoms. The molecule has 0 aliphatic rings. The van der Waals surface area contributed by atoms with E-state index in [4.69, 9.17) is 0 Å². The zero-order valence-electron chi connectivity index (χ0n) is 17.2. The first kappa shape index (κ1) is 18.9. The minimum absolute atomic E-state index is 1.07. The van der Waals surface area contributed by atoms with Crippen LogP contribution < -0.4 is 5.32 Å². The van der Waals surface area contributed by atoms with Crippen LogP contribution in [-0.4, -0.2) is 0 Å². The van der Waals surface area contributed by atoms with E-state index in [1.807, 2.05) is 6.07 Å². The average molecular weight is 398 g/mol. The molecule has 0 aromatic heterocycles. The molecule has 1 nitrogen and oxygen atoms in total. The van der Waals surface area contributed by atoms with Crippen LogP contribution >= 0.6 is 0 Å². The first-order valence-corrected chi connectivity index (χ1v) is 10.5. The molecule has 0 spiro atoms. The van der Waals surface area contributed by atoms with Gasteiger partial charge in [0.25, 0.3) is 0 Å². The Hall–Kier alpha value is -4.10. The van der Waals surface area contributed by atoms with Crippen molar-refractivity contribution in [3.05, 3.63) is 133 Å². The summed E-state index contributed by atoms with van der Waals surface area (Å²) >= 11 is 0. The quantitative estimate of drug-likeness (QED) is 0.314. The van der Waals surface area contributed by atoms with E-state index in [0.717, 1.165) is 11.4 Å². The number of anilines is 2. The Morgan fingerprint density at radius 3 is 1.35 bits per heavy atom. The number of hydrogen-bond acceptors (Lipinski definition) is 1. The molecule has 0 saturated heterocycles. The minimum atomic E-state index is 1.07. The van der Waals surface area contributed by atoms with E-state index in [1.54, 1.807) is 0 Å². The van der Waals surface area contributed by atoms with Gasteiger partial charge < -0.3 is 5.32 Å².